The number of primary amides is 1. The molecule has 1 aliphatic rings. The fraction of sp³-hybridized carbons (Fsp3) is 0.316. The molecule has 4 rings (SSSR count). The lowest BCUT2D eigenvalue weighted by atomic mass is 9.97. The van der Waals surface area contributed by atoms with E-state index in [1.165, 1.54) is 4.52 Å². The minimum atomic E-state index is -1.51. The Morgan fingerprint density at radius 3 is 2.93 bits per heavy atom. The molecular weight excluding hydrogens is 351 g/mol. The van der Waals surface area contributed by atoms with Gasteiger partial charge in [0, 0.05) is 16.7 Å². The van der Waals surface area contributed by atoms with Crippen molar-refractivity contribution < 1.29 is 18.7 Å². The fourth-order valence-electron chi connectivity index (χ4n) is 3.72. The first-order chi connectivity index (χ1) is 13.0. The quantitative estimate of drug-likeness (QED) is 0.716. The summed E-state index contributed by atoms with van der Waals surface area (Å²) in [6, 6.07) is 8.52. The Kier molecular flexibility index (Phi) is 4.18. The number of halogens is 1. The van der Waals surface area contributed by atoms with Crippen molar-refractivity contribution in [1.82, 2.24) is 14.9 Å². The number of ether oxygens (including phenoxy) is 1. The Morgan fingerprint density at radius 2 is 2.19 bits per heavy atom. The van der Waals surface area contributed by atoms with Gasteiger partial charge in [-0.05, 0) is 24.6 Å². The van der Waals surface area contributed by atoms with Crippen LogP contribution in [0.3, 0.4) is 0 Å². The third-order valence-electron chi connectivity index (χ3n) is 5.11. The topological polar surface area (TPSA) is 98.7 Å². The zero-order chi connectivity index (χ0) is 19.1. The SMILES string of the molecule is CC[C@@H]1[C@H](F)C(=O)N[C@@H]1COc1cccc2c1cc(C(N)=O)n1nccc21. The third kappa shape index (κ3) is 2.77. The molecule has 0 radical (unpaired) electrons. The van der Waals surface area contributed by atoms with E-state index >= 15 is 0 Å². The Hall–Kier alpha value is -3.16. The van der Waals surface area contributed by atoms with Crippen LogP contribution in [0.5, 0.6) is 5.75 Å². The summed E-state index contributed by atoms with van der Waals surface area (Å²) in [5, 5.41) is 8.35. The van der Waals surface area contributed by atoms with Crippen molar-refractivity contribution >= 4 is 28.1 Å². The first-order valence-electron chi connectivity index (χ1n) is 8.77. The minimum Gasteiger partial charge on any atom is -0.491 e. The average Bonchev–Trinajstić information content (AvgIpc) is 3.24. The molecule has 3 aromatic rings. The molecule has 3 atom stereocenters. The predicted molar refractivity (Wildman–Crippen MR) is 97.3 cm³/mol. The summed E-state index contributed by atoms with van der Waals surface area (Å²) in [6.45, 7) is 1.98. The first-order valence-corrected chi connectivity index (χ1v) is 8.77. The number of carbonyl (C=O) groups excluding carboxylic acids is 2. The standard InChI is InChI=1S/C19H19FN4O3/c1-2-10-13(23-19(26)17(10)20)9-27-16-5-3-4-11-12(16)8-15(18(21)25)24-14(11)6-7-22-24/h3-8,10,13,17H,2,9H2,1H3,(H2,21,25)(H,23,26)/t10-,13+,17-/m0/s1. The van der Waals surface area contributed by atoms with Crippen LogP contribution in [0.15, 0.2) is 36.5 Å². The summed E-state index contributed by atoms with van der Waals surface area (Å²) in [6.07, 6.45) is 0.617. The molecule has 0 bridgehead atoms. The van der Waals surface area contributed by atoms with Crippen LogP contribution in [0, 0.1) is 5.92 Å². The van der Waals surface area contributed by atoms with E-state index in [0.717, 1.165) is 10.9 Å². The van der Waals surface area contributed by atoms with E-state index in [0.29, 0.717) is 17.6 Å². The molecule has 1 aromatic carbocycles. The number of nitrogens with one attached hydrogen (secondary N) is 1. The van der Waals surface area contributed by atoms with Crippen molar-refractivity contribution in [3.05, 3.63) is 42.2 Å². The van der Waals surface area contributed by atoms with E-state index < -0.39 is 29.9 Å². The summed E-state index contributed by atoms with van der Waals surface area (Å²) in [5.74, 6) is -1.08. The van der Waals surface area contributed by atoms with Crippen LogP contribution >= 0.6 is 0 Å². The minimum absolute atomic E-state index is 0.139. The molecule has 2 aromatic heterocycles. The van der Waals surface area contributed by atoms with Gasteiger partial charge in [-0.1, -0.05) is 19.1 Å². The summed E-state index contributed by atoms with van der Waals surface area (Å²) >= 11 is 0. The summed E-state index contributed by atoms with van der Waals surface area (Å²) in [5.41, 5.74) is 6.46. The van der Waals surface area contributed by atoms with Crippen LogP contribution in [0.25, 0.3) is 16.3 Å². The molecule has 140 valence electrons. The molecule has 1 fully saturated rings. The number of nitrogens with zero attached hydrogens (tertiary/aromatic N) is 2. The molecule has 27 heavy (non-hydrogen) atoms. The molecule has 0 spiro atoms. The van der Waals surface area contributed by atoms with Crippen molar-refractivity contribution in [2.24, 2.45) is 11.7 Å². The zero-order valence-corrected chi connectivity index (χ0v) is 14.7. The highest BCUT2D eigenvalue weighted by Gasteiger charge is 2.41. The lowest BCUT2D eigenvalue weighted by molar-refractivity contribution is -0.123. The lowest BCUT2D eigenvalue weighted by Gasteiger charge is -2.19. The van der Waals surface area contributed by atoms with Crippen LogP contribution in [-0.2, 0) is 4.79 Å². The van der Waals surface area contributed by atoms with Gasteiger partial charge in [0.05, 0.1) is 17.8 Å². The maximum absolute atomic E-state index is 14.0. The Morgan fingerprint density at radius 1 is 1.37 bits per heavy atom. The van der Waals surface area contributed by atoms with Gasteiger partial charge in [0.2, 0.25) is 0 Å². The van der Waals surface area contributed by atoms with Gasteiger partial charge < -0.3 is 15.8 Å². The molecular formula is C19H19FN4O3. The van der Waals surface area contributed by atoms with Crippen LogP contribution < -0.4 is 15.8 Å². The molecule has 8 heteroatoms. The Balaban J connectivity index is 1.71. The van der Waals surface area contributed by atoms with E-state index in [1.807, 2.05) is 19.1 Å². The molecule has 0 unspecified atom stereocenters. The number of pyridine rings is 1. The summed E-state index contributed by atoms with van der Waals surface area (Å²) < 4.78 is 21.4. The highest BCUT2D eigenvalue weighted by atomic mass is 19.1. The lowest BCUT2D eigenvalue weighted by Crippen LogP contribution is -2.34. The second kappa shape index (κ2) is 6.53. The number of amides is 2. The second-order valence-corrected chi connectivity index (χ2v) is 6.64. The first kappa shape index (κ1) is 17.3. The van der Waals surface area contributed by atoms with Gasteiger partial charge >= 0.3 is 0 Å². The number of benzene rings is 1. The number of hydrogen-bond donors (Lipinski definition) is 2. The van der Waals surface area contributed by atoms with E-state index in [2.05, 4.69) is 10.4 Å². The number of hydrogen-bond acceptors (Lipinski definition) is 4. The van der Waals surface area contributed by atoms with Gasteiger partial charge in [-0.15, -0.1) is 0 Å². The molecule has 0 saturated carbocycles. The molecule has 1 saturated heterocycles. The average molecular weight is 370 g/mol. The van der Waals surface area contributed by atoms with E-state index in [4.69, 9.17) is 10.5 Å². The van der Waals surface area contributed by atoms with Crippen molar-refractivity contribution in [2.45, 2.75) is 25.6 Å². The van der Waals surface area contributed by atoms with E-state index in [-0.39, 0.29) is 12.3 Å². The Bertz CT molecular complexity index is 1050. The fourth-order valence-corrected chi connectivity index (χ4v) is 3.72. The third-order valence-corrected chi connectivity index (χ3v) is 5.11. The second-order valence-electron chi connectivity index (χ2n) is 6.64. The van der Waals surface area contributed by atoms with Gasteiger partial charge in [-0.3, -0.25) is 9.59 Å². The largest absolute Gasteiger partial charge is 0.491 e. The van der Waals surface area contributed by atoms with E-state index in [9.17, 15) is 14.0 Å². The van der Waals surface area contributed by atoms with Crippen molar-refractivity contribution in [2.75, 3.05) is 6.61 Å². The number of carbonyl (C=O) groups is 2. The van der Waals surface area contributed by atoms with Crippen LogP contribution in [0.1, 0.15) is 23.8 Å². The van der Waals surface area contributed by atoms with Crippen LogP contribution in [0.4, 0.5) is 4.39 Å². The van der Waals surface area contributed by atoms with E-state index in [1.54, 1.807) is 24.4 Å². The highest BCUT2D eigenvalue weighted by molar-refractivity contribution is 6.04. The Labute approximate surface area is 154 Å². The van der Waals surface area contributed by atoms with Gasteiger partial charge in [-0.2, -0.15) is 5.10 Å². The normalized spacial score (nSPS) is 22.3. The maximum Gasteiger partial charge on any atom is 0.267 e. The van der Waals surface area contributed by atoms with Gasteiger partial charge in [-0.25, -0.2) is 8.91 Å². The van der Waals surface area contributed by atoms with Crippen molar-refractivity contribution in [3.63, 3.8) is 0 Å². The molecule has 1 aliphatic heterocycles. The molecule has 7 nitrogen and oxygen atoms in total. The number of alkyl halides is 1. The number of nitrogens with two attached hydrogens (primary N) is 1. The zero-order valence-electron chi connectivity index (χ0n) is 14.7. The predicted octanol–water partition coefficient (Wildman–Crippen LogP) is 1.83. The summed E-state index contributed by atoms with van der Waals surface area (Å²) in [4.78, 5) is 23.4. The van der Waals surface area contributed by atoms with Gasteiger partial charge in [0.25, 0.3) is 11.8 Å². The molecule has 3 heterocycles. The molecule has 3 N–H and O–H groups in total. The summed E-state index contributed by atoms with van der Waals surface area (Å²) in [7, 11) is 0. The molecule has 0 aliphatic carbocycles. The van der Waals surface area contributed by atoms with Gasteiger partial charge in [0.15, 0.2) is 6.17 Å². The number of aromatic nitrogens is 2. The smallest absolute Gasteiger partial charge is 0.267 e. The van der Waals surface area contributed by atoms with Crippen molar-refractivity contribution in [3.8, 4) is 5.75 Å². The van der Waals surface area contributed by atoms with Crippen LogP contribution in [0.2, 0.25) is 0 Å². The highest BCUT2D eigenvalue weighted by Crippen LogP contribution is 2.31. The number of fused-ring (bicyclic) bond motifs is 3. The van der Waals surface area contributed by atoms with Crippen LogP contribution in [-0.4, -0.2) is 40.2 Å². The van der Waals surface area contributed by atoms with Gasteiger partial charge in [0.1, 0.15) is 18.1 Å². The molecule has 2 amide bonds. The number of rotatable bonds is 5. The monoisotopic (exact) mass is 370 g/mol. The maximum atomic E-state index is 14.0. The van der Waals surface area contributed by atoms with Crippen molar-refractivity contribution in [1.29, 1.82) is 0 Å².